The van der Waals surface area contributed by atoms with Crippen molar-refractivity contribution in [3.8, 4) is 0 Å². The summed E-state index contributed by atoms with van der Waals surface area (Å²) >= 11 is 0. The highest BCUT2D eigenvalue weighted by Gasteiger charge is 2.72. The second-order valence-corrected chi connectivity index (χ2v) is 3.75. The summed E-state index contributed by atoms with van der Waals surface area (Å²) in [5.41, 5.74) is -4.74. The lowest BCUT2D eigenvalue weighted by Gasteiger charge is -2.36. The summed E-state index contributed by atoms with van der Waals surface area (Å²) in [5.74, 6) is 0. The first-order valence-corrected chi connectivity index (χ1v) is 4.82. The monoisotopic (exact) mass is 272 g/mol. The largest absolute Gasteiger partial charge is 0.430 e. The molecule has 0 N–H and O–H groups in total. The number of hydrogen-bond acceptors (Lipinski definition) is 1. The van der Waals surface area contributed by atoms with Crippen molar-refractivity contribution in [2.75, 3.05) is 7.11 Å². The molecule has 0 saturated carbocycles. The lowest BCUT2D eigenvalue weighted by atomic mass is 9.91. The smallest absolute Gasteiger partial charge is 0.357 e. The van der Waals surface area contributed by atoms with E-state index in [0.29, 0.717) is 12.7 Å². The van der Waals surface area contributed by atoms with Crippen molar-refractivity contribution in [1.29, 1.82) is 0 Å². The Bertz CT molecular complexity index is 389. The van der Waals surface area contributed by atoms with Gasteiger partial charge in [0.05, 0.1) is 0 Å². The Morgan fingerprint density at radius 2 is 1.22 bits per heavy atom. The topological polar surface area (TPSA) is 9.23 Å². The zero-order chi connectivity index (χ0) is 14.2. The van der Waals surface area contributed by atoms with E-state index in [-0.39, 0.29) is 0 Å². The molecule has 7 heteroatoms. The van der Waals surface area contributed by atoms with Gasteiger partial charge in [0.15, 0.2) is 0 Å². The SMILES string of the molecule is COC(c1ccc(C)cc1)(C(F)(F)F)C(F)(F)F. The fourth-order valence-electron chi connectivity index (χ4n) is 1.63. The normalized spacial score (nSPS) is 13.8. The zero-order valence-corrected chi connectivity index (χ0v) is 9.49. The average Bonchev–Trinajstić information content (AvgIpc) is 2.18. The predicted octanol–water partition coefficient (Wildman–Crippen LogP) is 3.96. The molecule has 0 atom stereocenters. The lowest BCUT2D eigenvalue weighted by molar-refractivity contribution is -0.383. The third-order valence-corrected chi connectivity index (χ3v) is 2.56. The Labute approximate surface area is 99.4 Å². The van der Waals surface area contributed by atoms with E-state index in [1.165, 1.54) is 12.1 Å². The molecular weight excluding hydrogens is 262 g/mol. The van der Waals surface area contributed by atoms with Crippen LogP contribution in [0.3, 0.4) is 0 Å². The molecule has 0 unspecified atom stereocenters. The van der Waals surface area contributed by atoms with Crippen molar-refractivity contribution >= 4 is 0 Å². The maximum Gasteiger partial charge on any atom is 0.430 e. The molecule has 0 aliphatic rings. The molecule has 1 aromatic carbocycles. The maximum atomic E-state index is 12.8. The van der Waals surface area contributed by atoms with E-state index >= 15 is 0 Å². The van der Waals surface area contributed by atoms with Gasteiger partial charge in [0.1, 0.15) is 0 Å². The van der Waals surface area contributed by atoms with Gasteiger partial charge in [-0.2, -0.15) is 26.3 Å². The predicted molar refractivity (Wildman–Crippen MR) is 52.0 cm³/mol. The molecule has 1 rings (SSSR count). The first-order valence-electron chi connectivity index (χ1n) is 4.82. The van der Waals surface area contributed by atoms with Crippen LogP contribution in [0.2, 0.25) is 0 Å². The van der Waals surface area contributed by atoms with E-state index in [1.807, 2.05) is 0 Å². The van der Waals surface area contributed by atoms with E-state index in [2.05, 4.69) is 4.74 Å². The molecule has 0 bridgehead atoms. The van der Waals surface area contributed by atoms with Crippen molar-refractivity contribution in [3.05, 3.63) is 35.4 Å². The highest BCUT2D eigenvalue weighted by molar-refractivity contribution is 5.30. The first kappa shape index (κ1) is 14.8. The van der Waals surface area contributed by atoms with Gasteiger partial charge in [-0.25, -0.2) is 0 Å². The summed E-state index contributed by atoms with van der Waals surface area (Å²) in [6, 6.07) is 3.86. The van der Waals surface area contributed by atoms with Gasteiger partial charge in [-0.3, -0.25) is 0 Å². The molecule has 102 valence electrons. The third kappa shape index (κ3) is 2.19. The standard InChI is InChI=1S/C11H10F6O/c1-7-3-5-8(6-4-7)9(18-2,10(12,13)14)11(15,16)17/h3-6H,1-2H3. The first-order chi connectivity index (χ1) is 8.06. The molecular formula is C11H10F6O. The quantitative estimate of drug-likeness (QED) is 0.740. The molecule has 0 aliphatic carbocycles. The van der Waals surface area contributed by atoms with E-state index in [9.17, 15) is 26.3 Å². The van der Waals surface area contributed by atoms with Crippen LogP contribution >= 0.6 is 0 Å². The number of methoxy groups -OCH3 is 1. The molecule has 0 amide bonds. The Kier molecular flexibility index (Phi) is 3.67. The van der Waals surface area contributed by atoms with E-state index in [0.717, 1.165) is 12.1 Å². The molecule has 0 heterocycles. The maximum absolute atomic E-state index is 12.8. The summed E-state index contributed by atoms with van der Waals surface area (Å²) in [4.78, 5) is 0. The van der Waals surface area contributed by atoms with Gasteiger partial charge < -0.3 is 4.74 Å². The molecule has 1 aromatic rings. The second kappa shape index (κ2) is 4.46. The van der Waals surface area contributed by atoms with Crippen LogP contribution in [0.15, 0.2) is 24.3 Å². The molecule has 1 nitrogen and oxygen atoms in total. The number of halogens is 6. The minimum absolute atomic E-state index is 0.390. The van der Waals surface area contributed by atoms with E-state index in [1.54, 1.807) is 6.92 Å². The molecule has 0 radical (unpaired) electrons. The van der Waals surface area contributed by atoms with Crippen molar-refractivity contribution in [1.82, 2.24) is 0 Å². The highest BCUT2D eigenvalue weighted by atomic mass is 19.4. The number of alkyl halides is 6. The summed E-state index contributed by atoms with van der Waals surface area (Å²) in [6.45, 7) is 1.56. The fourth-order valence-corrected chi connectivity index (χ4v) is 1.63. The summed E-state index contributed by atoms with van der Waals surface area (Å²) in [7, 11) is 0.390. The van der Waals surface area contributed by atoms with Crippen LogP contribution in [0, 0.1) is 6.92 Å². The number of benzene rings is 1. The highest BCUT2D eigenvalue weighted by Crippen LogP contribution is 2.52. The van der Waals surface area contributed by atoms with E-state index in [4.69, 9.17) is 0 Å². The minimum atomic E-state index is -5.60. The molecule has 0 spiro atoms. The Hall–Kier alpha value is -1.24. The Balaban J connectivity index is 3.51. The van der Waals surface area contributed by atoms with Gasteiger partial charge in [0.2, 0.25) is 0 Å². The van der Waals surface area contributed by atoms with Crippen LogP contribution in [-0.2, 0) is 10.3 Å². The Morgan fingerprint density at radius 1 is 0.833 bits per heavy atom. The van der Waals surface area contributed by atoms with Gasteiger partial charge in [-0.05, 0) is 6.92 Å². The van der Waals surface area contributed by atoms with Crippen LogP contribution in [0.25, 0.3) is 0 Å². The van der Waals surface area contributed by atoms with Crippen LogP contribution < -0.4 is 0 Å². The van der Waals surface area contributed by atoms with Gasteiger partial charge in [-0.1, -0.05) is 29.8 Å². The van der Waals surface area contributed by atoms with Crippen LogP contribution in [-0.4, -0.2) is 19.5 Å². The van der Waals surface area contributed by atoms with Crippen molar-refractivity contribution in [2.24, 2.45) is 0 Å². The van der Waals surface area contributed by atoms with Crippen LogP contribution in [0.5, 0.6) is 0 Å². The van der Waals surface area contributed by atoms with Crippen molar-refractivity contribution in [3.63, 3.8) is 0 Å². The molecule has 0 aromatic heterocycles. The van der Waals surface area contributed by atoms with Gasteiger partial charge in [0, 0.05) is 12.7 Å². The second-order valence-electron chi connectivity index (χ2n) is 3.75. The van der Waals surface area contributed by atoms with Gasteiger partial charge >= 0.3 is 12.4 Å². The number of ether oxygens (including phenoxy) is 1. The zero-order valence-electron chi connectivity index (χ0n) is 9.49. The fraction of sp³-hybridized carbons (Fsp3) is 0.455. The van der Waals surface area contributed by atoms with Crippen molar-refractivity contribution < 1.29 is 31.1 Å². The van der Waals surface area contributed by atoms with Gasteiger partial charge in [-0.15, -0.1) is 0 Å². The summed E-state index contributed by atoms with van der Waals surface area (Å²) in [5, 5.41) is 0. The number of rotatable bonds is 2. The lowest BCUT2D eigenvalue weighted by Crippen LogP contribution is -2.55. The molecule has 18 heavy (non-hydrogen) atoms. The Morgan fingerprint density at radius 3 is 1.50 bits per heavy atom. The molecule has 0 fully saturated rings. The third-order valence-electron chi connectivity index (χ3n) is 2.56. The summed E-state index contributed by atoms with van der Waals surface area (Å²) in [6.07, 6.45) is -11.2. The van der Waals surface area contributed by atoms with Gasteiger partial charge in [0.25, 0.3) is 5.60 Å². The average molecular weight is 272 g/mol. The number of aryl methyl sites for hydroxylation is 1. The van der Waals surface area contributed by atoms with E-state index < -0.39 is 23.5 Å². The van der Waals surface area contributed by atoms with Crippen molar-refractivity contribution in [2.45, 2.75) is 24.9 Å². The van der Waals surface area contributed by atoms with Crippen LogP contribution in [0.1, 0.15) is 11.1 Å². The molecule has 0 aliphatic heterocycles. The minimum Gasteiger partial charge on any atom is -0.357 e. The molecule has 0 saturated heterocycles. The van der Waals surface area contributed by atoms with Crippen LogP contribution in [0.4, 0.5) is 26.3 Å². The number of hydrogen-bond donors (Lipinski definition) is 0. The summed E-state index contributed by atoms with van der Waals surface area (Å²) < 4.78 is 80.7.